The Labute approximate surface area is 162 Å². The summed E-state index contributed by atoms with van der Waals surface area (Å²) in [5.41, 5.74) is 2.18. The Morgan fingerprint density at radius 3 is 2.75 bits per heavy atom. The first-order valence-electron chi connectivity index (χ1n) is 8.83. The van der Waals surface area contributed by atoms with Crippen molar-refractivity contribution < 1.29 is 4.52 Å². The molecule has 2 rings (SSSR count). The zero-order valence-corrected chi connectivity index (χ0v) is 17.7. The van der Waals surface area contributed by atoms with Gasteiger partial charge in [0.25, 0.3) is 0 Å². The van der Waals surface area contributed by atoms with Gasteiger partial charge in [-0.15, -0.1) is 24.0 Å². The second-order valence-electron chi connectivity index (χ2n) is 6.12. The molecule has 1 atom stereocenters. The lowest BCUT2D eigenvalue weighted by Gasteiger charge is -2.21. The van der Waals surface area contributed by atoms with E-state index >= 15 is 0 Å². The molecule has 0 bridgehead atoms. The van der Waals surface area contributed by atoms with Gasteiger partial charge in [-0.05, 0) is 53.1 Å². The molecule has 6 nitrogen and oxygen atoms in total. The lowest BCUT2D eigenvalue weighted by molar-refractivity contribution is 0.273. The van der Waals surface area contributed by atoms with Crippen molar-refractivity contribution in [1.29, 1.82) is 0 Å². The lowest BCUT2D eigenvalue weighted by Crippen LogP contribution is -2.40. The minimum absolute atomic E-state index is 0. The molecular formula is C17H32IN5O. The van der Waals surface area contributed by atoms with E-state index in [9.17, 15) is 0 Å². The first-order chi connectivity index (χ1) is 11.2. The summed E-state index contributed by atoms with van der Waals surface area (Å²) in [5, 5.41) is 10.8. The van der Waals surface area contributed by atoms with Gasteiger partial charge in [-0.2, -0.15) is 0 Å². The number of halogens is 1. The molecule has 0 spiro atoms. The van der Waals surface area contributed by atoms with E-state index in [1.807, 2.05) is 13.8 Å². The summed E-state index contributed by atoms with van der Waals surface area (Å²) in [5.74, 6) is 1.82. The highest BCUT2D eigenvalue weighted by atomic mass is 127. The van der Waals surface area contributed by atoms with Crippen molar-refractivity contribution in [2.24, 2.45) is 4.99 Å². The Bertz CT molecular complexity index is 498. The van der Waals surface area contributed by atoms with Crippen molar-refractivity contribution in [2.45, 2.75) is 53.0 Å². The van der Waals surface area contributed by atoms with E-state index in [1.54, 1.807) is 0 Å². The summed E-state index contributed by atoms with van der Waals surface area (Å²) in [6.45, 7) is 13.2. The molecule has 1 aromatic rings. The van der Waals surface area contributed by atoms with E-state index in [0.717, 1.165) is 50.0 Å². The largest absolute Gasteiger partial charge is 0.361 e. The van der Waals surface area contributed by atoms with Gasteiger partial charge in [0.05, 0.1) is 12.2 Å². The second-order valence-corrected chi connectivity index (χ2v) is 6.12. The molecule has 7 heteroatoms. The molecule has 138 valence electrons. The van der Waals surface area contributed by atoms with Crippen molar-refractivity contribution in [3.63, 3.8) is 0 Å². The molecule has 24 heavy (non-hydrogen) atoms. The Morgan fingerprint density at radius 1 is 1.33 bits per heavy atom. The van der Waals surface area contributed by atoms with Crippen molar-refractivity contribution >= 4 is 29.9 Å². The monoisotopic (exact) mass is 449 g/mol. The highest BCUT2D eigenvalue weighted by Gasteiger charge is 2.22. The molecular weight excluding hydrogens is 417 g/mol. The number of aromatic nitrogens is 1. The summed E-state index contributed by atoms with van der Waals surface area (Å²) < 4.78 is 5.21. The molecule has 2 N–H and O–H groups in total. The van der Waals surface area contributed by atoms with Crippen molar-refractivity contribution in [2.75, 3.05) is 32.7 Å². The third-order valence-electron chi connectivity index (χ3n) is 4.56. The van der Waals surface area contributed by atoms with E-state index in [1.165, 1.54) is 24.9 Å². The first-order valence-corrected chi connectivity index (χ1v) is 8.83. The average molecular weight is 449 g/mol. The standard InChI is InChI=1S/C17H31N5O.HI/c1-5-18-17(20-12-15-8-7-11-22(15)6-2)19-10-9-16-13(3)21-23-14(16)4;/h15H,5-12H2,1-4H3,(H2,18,19,20);1H. The lowest BCUT2D eigenvalue weighted by atomic mass is 10.1. The summed E-state index contributed by atoms with van der Waals surface area (Å²) >= 11 is 0. The minimum atomic E-state index is 0. The van der Waals surface area contributed by atoms with Crippen LogP contribution in [0, 0.1) is 13.8 Å². The maximum atomic E-state index is 5.21. The Morgan fingerprint density at radius 2 is 2.12 bits per heavy atom. The van der Waals surface area contributed by atoms with Crippen molar-refractivity contribution in [1.82, 2.24) is 20.7 Å². The number of nitrogens with one attached hydrogen (secondary N) is 2. The van der Waals surface area contributed by atoms with Crippen LogP contribution in [0.5, 0.6) is 0 Å². The fourth-order valence-corrected chi connectivity index (χ4v) is 3.22. The predicted octanol–water partition coefficient (Wildman–Crippen LogP) is 2.49. The van der Waals surface area contributed by atoms with Gasteiger partial charge in [-0.25, -0.2) is 0 Å². The Kier molecular flexibility index (Phi) is 9.65. The van der Waals surface area contributed by atoms with Crippen LogP contribution < -0.4 is 10.6 Å². The van der Waals surface area contributed by atoms with Crippen LogP contribution in [0.25, 0.3) is 0 Å². The van der Waals surface area contributed by atoms with Crippen LogP contribution in [0.15, 0.2) is 9.52 Å². The molecule has 1 aliphatic heterocycles. The van der Waals surface area contributed by atoms with Crippen LogP contribution in [-0.4, -0.2) is 54.8 Å². The number of guanidine groups is 1. The van der Waals surface area contributed by atoms with Crippen LogP contribution in [0.2, 0.25) is 0 Å². The minimum Gasteiger partial charge on any atom is -0.361 e. The molecule has 1 saturated heterocycles. The number of rotatable bonds is 7. The molecule has 0 aromatic carbocycles. The maximum absolute atomic E-state index is 5.21. The average Bonchev–Trinajstić information content (AvgIpc) is 3.13. The van der Waals surface area contributed by atoms with Gasteiger partial charge in [0.2, 0.25) is 0 Å². The van der Waals surface area contributed by atoms with Crippen LogP contribution in [0.4, 0.5) is 0 Å². The van der Waals surface area contributed by atoms with E-state index in [4.69, 9.17) is 9.52 Å². The third kappa shape index (κ3) is 5.91. The summed E-state index contributed by atoms with van der Waals surface area (Å²) in [4.78, 5) is 7.30. The number of aliphatic imine (C=N–C) groups is 1. The number of likely N-dealkylation sites (tertiary alicyclic amines) is 1. The van der Waals surface area contributed by atoms with Crippen LogP contribution in [-0.2, 0) is 6.42 Å². The SMILES string of the molecule is CCNC(=NCC1CCCN1CC)NCCc1c(C)noc1C.I. The molecule has 1 fully saturated rings. The summed E-state index contributed by atoms with van der Waals surface area (Å²) in [6.07, 6.45) is 3.45. The number of likely N-dealkylation sites (N-methyl/N-ethyl adjacent to an activating group) is 1. The van der Waals surface area contributed by atoms with E-state index in [0.29, 0.717) is 6.04 Å². The van der Waals surface area contributed by atoms with E-state index in [2.05, 4.69) is 34.5 Å². The van der Waals surface area contributed by atoms with Gasteiger partial charge in [0, 0.05) is 24.7 Å². The number of hydrogen-bond donors (Lipinski definition) is 2. The van der Waals surface area contributed by atoms with Gasteiger partial charge in [-0.3, -0.25) is 9.89 Å². The van der Waals surface area contributed by atoms with Crippen molar-refractivity contribution in [3.05, 3.63) is 17.0 Å². The second kappa shape index (κ2) is 10.9. The van der Waals surface area contributed by atoms with Gasteiger partial charge in [0.1, 0.15) is 5.76 Å². The molecule has 1 aromatic heterocycles. The molecule has 0 saturated carbocycles. The maximum Gasteiger partial charge on any atom is 0.191 e. The number of aryl methyl sites for hydroxylation is 2. The van der Waals surface area contributed by atoms with Gasteiger partial charge < -0.3 is 15.2 Å². The highest BCUT2D eigenvalue weighted by Crippen LogP contribution is 2.16. The van der Waals surface area contributed by atoms with Gasteiger partial charge in [0.15, 0.2) is 5.96 Å². The quantitative estimate of drug-likeness (QED) is 0.381. The van der Waals surface area contributed by atoms with Gasteiger partial charge in [-0.1, -0.05) is 12.1 Å². The highest BCUT2D eigenvalue weighted by molar-refractivity contribution is 14.0. The molecule has 1 aliphatic rings. The Hall–Kier alpha value is -0.830. The molecule has 0 amide bonds. The van der Waals surface area contributed by atoms with E-state index in [-0.39, 0.29) is 24.0 Å². The summed E-state index contributed by atoms with van der Waals surface area (Å²) in [7, 11) is 0. The van der Waals surface area contributed by atoms with Crippen LogP contribution in [0.1, 0.15) is 43.7 Å². The normalized spacial score (nSPS) is 18.5. The smallest absolute Gasteiger partial charge is 0.191 e. The third-order valence-corrected chi connectivity index (χ3v) is 4.56. The number of hydrogen-bond acceptors (Lipinski definition) is 4. The van der Waals surface area contributed by atoms with E-state index < -0.39 is 0 Å². The summed E-state index contributed by atoms with van der Waals surface area (Å²) in [6, 6.07) is 0.595. The topological polar surface area (TPSA) is 65.7 Å². The zero-order chi connectivity index (χ0) is 16.7. The van der Waals surface area contributed by atoms with Crippen molar-refractivity contribution in [3.8, 4) is 0 Å². The van der Waals surface area contributed by atoms with Crippen LogP contribution >= 0.6 is 24.0 Å². The van der Waals surface area contributed by atoms with Gasteiger partial charge >= 0.3 is 0 Å². The first kappa shape index (κ1) is 21.2. The molecule has 0 aliphatic carbocycles. The molecule has 2 heterocycles. The fourth-order valence-electron chi connectivity index (χ4n) is 3.22. The zero-order valence-electron chi connectivity index (χ0n) is 15.4. The number of nitrogens with zero attached hydrogens (tertiary/aromatic N) is 3. The predicted molar refractivity (Wildman–Crippen MR) is 109 cm³/mol. The molecule has 1 unspecified atom stereocenters. The Balaban J connectivity index is 0.00000288. The fraction of sp³-hybridized carbons (Fsp3) is 0.765. The molecule has 0 radical (unpaired) electrons. The van der Waals surface area contributed by atoms with Crippen LogP contribution in [0.3, 0.4) is 0 Å².